The predicted molar refractivity (Wildman–Crippen MR) is 46.8 cm³/mol. The van der Waals surface area contributed by atoms with Crippen molar-refractivity contribution in [2.75, 3.05) is 0 Å². The Bertz CT molecular complexity index is 420. The van der Waals surface area contributed by atoms with Gasteiger partial charge in [0, 0.05) is 18.0 Å². The molecule has 0 aliphatic rings. The molecule has 0 aliphatic carbocycles. The number of hydrogen-bond donors (Lipinski definition) is 0. The van der Waals surface area contributed by atoms with E-state index in [0.717, 1.165) is 11.1 Å². The number of nitrogens with zero attached hydrogens (tertiary/aromatic N) is 5. The molecule has 0 unspecified atom stereocenters. The standard InChI is InChI=1S/C8H9N5/c1-6-3-4-9-5-7(6)8-10-12-13(2)11-8/h3-5H,1-2H3. The van der Waals surface area contributed by atoms with Gasteiger partial charge < -0.3 is 0 Å². The van der Waals surface area contributed by atoms with Crippen molar-refractivity contribution in [3.05, 3.63) is 24.0 Å². The zero-order valence-electron chi connectivity index (χ0n) is 7.47. The van der Waals surface area contributed by atoms with Gasteiger partial charge in [-0.2, -0.15) is 4.80 Å². The van der Waals surface area contributed by atoms with Gasteiger partial charge in [0.05, 0.1) is 7.05 Å². The van der Waals surface area contributed by atoms with E-state index in [1.165, 1.54) is 4.80 Å². The van der Waals surface area contributed by atoms with Crippen LogP contribution in [0.1, 0.15) is 5.56 Å². The number of tetrazole rings is 1. The average molecular weight is 175 g/mol. The van der Waals surface area contributed by atoms with Crippen molar-refractivity contribution in [1.82, 2.24) is 25.2 Å². The van der Waals surface area contributed by atoms with Gasteiger partial charge in [-0.3, -0.25) is 4.98 Å². The van der Waals surface area contributed by atoms with E-state index in [0.29, 0.717) is 5.82 Å². The fraction of sp³-hybridized carbons (Fsp3) is 0.250. The largest absolute Gasteiger partial charge is 0.264 e. The quantitative estimate of drug-likeness (QED) is 0.636. The lowest BCUT2D eigenvalue weighted by Gasteiger charge is -1.96. The first-order chi connectivity index (χ1) is 6.27. The molecule has 0 spiro atoms. The van der Waals surface area contributed by atoms with Crippen LogP contribution in [-0.2, 0) is 7.05 Å². The van der Waals surface area contributed by atoms with Crippen LogP contribution in [0.5, 0.6) is 0 Å². The van der Waals surface area contributed by atoms with Crippen molar-refractivity contribution < 1.29 is 0 Å². The van der Waals surface area contributed by atoms with Crippen molar-refractivity contribution in [2.45, 2.75) is 6.92 Å². The molecule has 0 N–H and O–H groups in total. The number of rotatable bonds is 1. The van der Waals surface area contributed by atoms with E-state index in [-0.39, 0.29) is 0 Å². The van der Waals surface area contributed by atoms with Gasteiger partial charge in [-0.1, -0.05) is 0 Å². The van der Waals surface area contributed by atoms with Crippen molar-refractivity contribution in [3.63, 3.8) is 0 Å². The smallest absolute Gasteiger partial charge is 0.206 e. The van der Waals surface area contributed by atoms with Gasteiger partial charge in [0.15, 0.2) is 0 Å². The minimum absolute atomic E-state index is 0.619. The van der Waals surface area contributed by atoms with Crippen molar-refractivity contribution in [3.8, 4) is 11.4 Å². The minimum Gasteiger partial charge on any atom is -0.264 e. The van der Waals surface area contributed by atoms with Crippen LogP contribution in [0.2, 0.25) is 0 Å². The molecule has 2 aromatic rings. The molecule has 0 bridgehead atoms. The third-order valence-electron chi connectivity index (χ3n) is 1.79. The van der Waals surface area contributed by atoms with Gasteiger partial charge in [0.2, 0.25) is 5.82 Å². The summed E-state index contributed by atoms with van der Waals surface area (Å²) in [6.45, 7) is 1.99. The molecule has 0 radical (unpaired) electrons. The van der Waals surface area contributed by atoms with Crippen LogP contribution < -0.4 is 0 Å². The monoisotopic (exact) mass is 175 g/mol. The van der Waals surface area contributed by atoms with Crippen LogP contribution in [0.25, 0.3) is 11.4 Å². The highest BCUT2D eigenvalue weighted by Crippen LogP contribution is 2.15. The van der Waals surface area contributed by atoms with Crippen LogP contribution in [0.3, 0.4) is 0 Å². The summed E-state index contributed by atoms with van der Waals surface area (Å²) in [4.78, 5) is 5.45. The van der Waals surface area contributed by atoms with E-state index < -0.39 is 0 Å². The van der Waals surface area contributed by atoms with Crippen molar-refractivity contribution in [1.29, 1.82) is 0 Å². The molecule has 0 saturated carbocycles. The fourth-order valence-corrected chi connectivity index (χ4v) is 1.09. The second kappa shape index (κ2) is 2.93. The van der Waals surface area contributed by atoms with Crippen LogP contribution in [0, 0.1) is 6.92 Å². The molecule has 0 atom stereocenters. The Balaban J connectivity index is 2.52. The third kappa shape index (κ3) is 1.40. The molecule has 13 heavy (non-hydrogen) atoms. The van der Waals surface area contributed by atoms with Gasteiger partial charge in [0.1, 0.15) is 0 Å². The van der Waals surface area contributed by atoms with Gasteiger partial charge in [-0.15, -0.1) is 10.2 Å². The maximum Gasteiger partial charge on any atom is 0.206 e. The Morgan fingerprint density at radius 1 is 1.38 bits per heavy atom. The van der Waals surface area contributed by atoms with E-state index in [4.69, 9.17) is 0 Å². The van der Waals surface area contributed by atoms with Gasteiger partial charge >= 0.3 is 0 Å². The molecule has 0 amide bonds. The van der Waals surface area contributed by atoms with E-state index in [1.807, 2.05) is 13.0 Å². The summed E-state index contributed by atoms with van der Waals surface area (Å²) in [6, 6.07) is 1.92. The SMILES string of the molecule is Cc1ccncc1-c1nnn(C)n1. The maximum absolute atomic E-state index is 4.10. The maximum atomic E-state index is 4.10. The van der Waals surface area contributed by atoms with Crippen LogP contribution in [0.15, 0.2) is 18.5 Å². The van der Waals surface area contributed by atoms with Crippen LogP contribution in [-0.4, -0.2) is 25.2 Å². The minimum atomic E-state index is 0.619. The first-order valence-corrected chi connectivity index (χ1v) is 3.92. The number of aryl methyl sites for hydroxylation is 2. The van der Waals surface area contributed by atoms with Crippen LogP contribution >= 0.6 is 0 Å². The Hall–Kier alpha value is -1.78. The third-order valence-corrected chi connectivity index (χ3v) is 1.79. The zero-order chi connectivity index (χ0) is 9.26. The van der Waals surface area contributed by atoms with Crippen molar-refractivity contribution in [2.24, 2.45) is 7.05 Å². The Labute approximate surface area is 75.4 Å². The second-order valence-electron chi connectivity index (χ2n) is 2.79. The van der Waals surface area contributed by atoms with Gasteiger partial charge in [-0.05, 0) is 23.8 Å². The van der Waals surface area contributed by atoms with E-state index in [1.54, 1.807) is 19.4 Å². The van der Waals surface area contributed by atoms with Gasteiger partial charge in [0.25, 0.3) is 0 Å². The van der Waals surface area contributed by atoms with E-state index in [2.05, 4.69) is 20.4 Å². The molecule has 0 saturated heterocycles. The summed E-state index contributed by atoms with van der Waals surface area (Å²) < 4.78 is 0. The first-order valence-electron chi connectivity index (χ1n) is 3.92. The normalized spacial score (nSPS) is 10.3. The topological polar surface area (TPSA) is 56.5 Å². The molecule has 2 rings (SSSR count). The Morgan fingerprint density at radius 2 is 2.23 bits per heavy atom. The lowest BCUT2D eigenvalue weighted by molar-refractivity contribution is 0.630. The Morgan fingerprint density at radius 3 is 2.85 bits per heavy atom. The molecule has 2 heterocycles. The summed E-state index contributed by atoms with van der Waals surface area (Å²) in [5.41, 5.74) is 2.03. The average Bonchev–Trinajstić information content (AvgIpc) is 2.53. The summed E-state index contributed by atoms with van der Waals surface area (Å²) >= 11 is 0. The molecule has 2 aromatic heterocycles. The molecule has 5 nitrogen and oxygen atoms in total. The molecule has 5 heteroatoms. The summed E-state index contributed by atoms with van der Waals surface area (Å²) in [5, 5.41) is 11.8. The van der Waals surface area contributed by atoms with Crippen molar-refractivity contribution >= 4 is 0 Å². The summed E-state index contributed by atoms with van der Waals surface area (Å²) in [7, 11) is 1.74. The van der Waals surface area contributed by atoms with Gasteiger partial charge in [-0.25, -0.2) is 0 Å². The molecule has 0 fully saturated rings. The molecule has 0 aliphatic heterocycles. The fourth-order valence-electron chi connectivity index (χ4n) is 1.09. The highest BCUT2D eigenvalue weighted by atomic mass is 15.6. The highest BCUT2D eigenvalue weighted by Gasteiger charge is 2.06. The predicted octanol–water partition coefficient (Wildman–Crippen LogP) is 0.581. The molecular formula is C8H9N5. The summed E-state index contributed by atoms with van der Waals surface area (Å²) in [6.07, 6.45) is 3.49. The summed E-state index contributed by atoms with van der Waals surface area (Å²) in [5.74, 6) is 0.619. The molecule has 66 valence electrons. The van der Waals surface area contributed by atoms with Crippen LogP contribution in [0.4, 0.5) is 0 Å². The lowest BCUT2D eigenvalue weighted by Crippen LogP contribution is -1.92. The van der Waals surface area contributed by atoms with E-state index in [9.17, 15) is 0 Å². The zero-order valence-corrected chi connectivity index (χ0v) is 7.47. The number of pyridine rings is 1. The number of aromatic nitrogens is 5. The molecular weight excluding hydrogens is 166 g/mol. The second-order valence-corrected chi connectivity index (χ2v) is 2.79. The highest BCUT2D eigenvalue weighted by molar-refractivity contribution is 5.56. The number of hydrogen-bond acceptors (Lipinski definition) is 4. The molecule has 0 aromatic carbocycles. The van der Waals surface area contributed by atoms with E-state index >= 15 is 0 Å². The first kappa shape index (κ1) is 7.85. The lowest BCUT2D eigenvalue weighted by atomic mass is 10.1. The Kier molecular flexibility index (Phi) is 1.77.